The average molecular weight is 185 g/mol. The molecule has 0 saturated heterocycles. The molecule has 0 amide bonds. The molecule has 68 valence electrons. The summed E-state index contributed by atoms with van der Waals surface area (Å²) in [6.45, 7) is 0. The summed E-state index contributed by atoms with van der Waals surface area (Å²) in [5.41, 5.74) is 6.97. The minimum atomic E-state index is 0.296. The van der Waals surface area contributed by atoms with Gasteiger partial charge in [-0.3, -0.25) is 9.55 Å². The zero-order chi connectivity index (χ0) is 9.97. The lowest BCUT2D eigenvalue weighted by atomic mass is 10.3. The lowest BCUT2D eigenvalue weighted by Gasteiger charge is -2.05. The quantitative estimate of drug-likeness (QED) is 0.709. The molecule has 0 aliphatic carbocycles. The van der Waals surface area contributed by atoms with Gasteiger partial charge in [0.15, 0.2) is 0 Å². The van der Waals surface area contributed by atoms with E-state index < -0.39 is 0 Å². The summed E-state index contributed by atoms with van der Waals surface area (Å²) in [7, 11) is 0. The van der Waals surface area contributed by atoms with Crippen LogP contribution < -0.4 is 5.73 Å². The number of anilines is 1. The summed E-state index contributed by atoms with van der Waals surface area (Å²) in [5, 5.41) is 8.76. The Balaban J connectivity index is 2.62. The van der Waals surface area contributed by atoms with Gasteiger partial charge in [-0.1, -0.05) is 0 Å². The summed E-state index contributed by atoms with van der Waals surface area (Å²) in [6.07, 6.45) is 6.41. The molecule has 2 aromatic heterocycles. The smallest absolute Gasteiger partial charge is 0.217 e. The highest BCUT2D eigenvalue weighted by Crippen LogP contribution is 2.15. The molecule has 5 heteroatoms. The van der Waals surface area contributed by atoms with Crippen LogP contribution >= 0.6 is 0 Å². The molecule has 2 rings (SSSR count). The zero-order valence-corrected chi connectivity index (χ0v) is 7.25. The van der Waals surface area contributed by atoms with Crippen LogP contribution in [0.4, 0.5) is 5.69 Å². The fourth-order valence-electron chi connectivity index (χ4n) is 1.18. The molecule has 5 nitrogen and oxygen atoms in total. The van der Waals surface area contributed by atoms with Crippen molar-refractivity contribution in [3.63, 3.8) is 0 Å². The van der Waals surface area contributed by atoms with Crippen molar-refractivity contribution in [3.05, 3.63) is 36.7 Å². The van der Waals surface area contributed by atoms with E-state index in [2.05, 4.69) is 9.97 Å². The molecule has 0 saturated carbocycles. The zero-order valence-electron chi connectivity index (χ0n) is 7.25. The summed E-state index contributed by atoms with van der Waals surface area (Å²) >= 11 is 0. The van der Waals surface area contributed by atoms with Crippen molar-refractivity contribution in [2.75, 3.05) is 5.73 Å². The van der Waals surface area contributed by atoms with Gasteiger partial charge in [0, 0.05) is 18.6 Å². The highest BCUT2D eigenvalue weighted by atomic mass is 15.1. The third kappa shape index (κ3) is 1.19. The number of rotatable bonds is 1. The van der Waals surface area contributed by atoms with Gasteiger partial charge in [0.1, 0.15) is 6.07 Å². The van der Waals surface area contributed by atoms with Crippen molar-refractivity contribution >= 4 is 5.69 Å². The van der Waals surface area contributed by atoms with Crippen LogP contribution in [0.1, 0.15) is 5.82 Å². The maximum atomic E-state index is 8.76. The van der Waals surface area contributed by atoms with Crippen LogP contribution in [0.25, 0.3) is 5.69 Å². The Hall–Kier alpha value is -2.35. The molecule has 14 heavy (non-hydrogen) atoms. The molecular weight excluding hydrogens is 178 g/mol. The Morgan fingerprint density at radius 3 is 3.00 bits per heavy atom. The summed E-state index contributed by atoms with van der Waals surface area (Å²) in [4.78, 5) is 7.81. The summed E-state index contributed by atoms with van der Waals surface area (Å²) in [5.74, 6) is 0.296. The van der Waals surface area contributed by atoms with E-state index in [0.717, 1.165) is 0 Å². The second kappa shape index (κ2) is 3.18. The molecule has 0 aliphatic rings. The molecule has 2 aromatic rings. The van der Waals surface area contributed by atoms with E-state index in [4.69, 9.17) is 11.0 Å². The normalized spacial score (nSPS) is 9.64. The number of hydrogen-bond acceptors (Lipinski definition) is 4. The Bertz CT molecular complexity index is 494. The van der Waals surface area contributed by atoms with Crippen LogP contribution in [0.3, 0.4) is 0 Å². The number of aromatic nitrogens is 3. The monoisotopic (exact) mass is 185 g/mol. The van der Waals surface area contributed by atoms with Crippen molar-refractivity contribution in [1.82, 2.24) is 14.5 Å². The first-order valence-electron chi connectivity index (χ1n) is 3.96. The number of nitrogens with zero attached hydrogens (tertiary/aromatic N) is 4. The van der Waals surface area contributed by atoms with E-state index in [-0.39, 0.29) is 0 Å². The number of pyridine rings is 1. The number of nitrogens with two attached hydrogens (primary N) is 1. The molecule has 0 aliphatic heterocycles. The molecule has 2 heterocycles. The fraction of sp³-hybridized carbons (Fsp3) is 0. The molecule has 0 bridgehead atoms. The fourth-order valence-corrected chi connectivity index (χ4v) is 1.18. The van der Waals surface area contributed by atoms with Gasteiger partial charge in [0.25, 0.3) is 0 Å². The maximum Gasteiger partial charge on any atom is 0.217 e. The van der Waals surface area contributed by atoms with E-state index >= 15 is 0 Å². The second-order valence-electron chi connectivity index (χ2n) is 2.67. The first-order chi connectivity index (χ1) is 6.83. The molecule has 0 radical (unpaired) electrons. The van der Waals surface area contributed by atoms with Gasteiger partial charge in [-0.2, -0.15) is 5.26 Å². The van der Waals surface area contributed by atoms with Crippen LogP contribution in [0.5, 0.6) is 0 Å². The van der Waals surface area contributed by atoms with E-state index in [9.17, 15) is 0 Å². The Labute approximate surface area is 80.4 Å². The van der Waals surface area contributed by atoms with Gasteiger partial charge in [-0.15, -0.1) is 0 Å². The minimum absolute atomic E-state index is 0.296. The van der Waals surface area contributed by atoms with Crippen molar-refractivity contribution in [1.29, 1.82) is 5.26 Å². The predicted octanol–water partition coefficient (Wildman–Crippen LogP) is 0.721. The molecule has 0 fully saturated rings. The molecular formula is C9H7N5. The predicted molar refractivity (Wildman–Crippen MR) is 50.5 cm³/mol. The molecule has 0 spiro atoms. The SMILES string of the molecule is N#Cc1nccn1-c1cnccc1N. The van der Waals surface area contributed by atoms with Crippen molar-refractivity contribution in [2.24, 2.45) is 0 Å². The highest BCUT2D eigenvalue weighted by Gasteiger charge is 2.06. The topological polar surface area (TPSA) is 80.5 Å². The van der Waals surface area contributed by atoms with Gasteiger partial charge in [-0.05, 0) is 6.07 Å². The molecule has 2 N–H and O–H groups in total. The van der Waals surface area contributed by atoms with Gasteiger partial charge < -0.3 is 5.73 Å². The largest absolute Gasteiger partial charge is 0.397 e. The first kappa shape index (κ1) is 8.26. The third-order valence-electron chi connectivity index (χ3n) is 1.83. The summed E-state index contributed by atoms with van der Waals surface area (Å²) in [6, 6.07) is 3.65. The molecule has 0 aromatic carbocycles. The van der Waals surface area contributed by atoms with Crippen LogP contribution in [-0.2, 0) is 0 Å². The van der Waals surface area contributed by atoms with E-state index in [1.54, 1.807) is 35.4 Å². The second-order valence-corrected chi connectivity index (χ2v) is 2.67. The number of imidazole rings is 1. The Kier molecular flexibility index (Phi) is 1.88. The van der Waals surface area contributed by atoms with Crippen LogP contribution in [0, 0.1) is 11.3 Å². The van der Waals surface area contributed by atoms with Gasteiger partial charge in [0.2, 0.25) is 5.82 Å². The number of nitrogen functional groups attached to an aromatic ring is 1. The summed E-state index contributed by atoms with van der Waals surface area (Å²) < 4.78 is 1.60. The van der Waals surface area contributed by atoms with Crippen LogP contribution in [0.2, 0.25) is 0 Å². The van der Waals surface area contributed by atoms with Gasteiger partial charge in [0.05, 0.1) is 17.6 Å². The Morgan fingerprint density at radius 1 is 1.43 bits per heavy atom. The lowest BCUT2D eigenvalue weighted by molar-refractivity contribution is 1.01. The molecule has 0 unspecified atom stereocenters. The van der Waals surface area contributed by atoms with Crippen molar-refractivity contribution in [2.45, 2.75) is 0 Å². The van der Waals surface area contributed by atoms with Crippen LogP contribution in [0.15, 0.2) is 30.9 Å². The van der Waals surface area contributed by atoms with E-state index in [0.29, 0.717) is 17.2 Å². The van der Waals surface area contributed by atoms with Crippen molar-refractivity contribution in [3.8, 4) is 11.8 Å². The number of nitriles is 1. The standard InChI is InChI=1S/C9H7N5/c10-5-9-13-3-4-14(9)8-6-12-2-1-7(8)11/h1-4,6H,(H2,11,12). The number of hydrogen-bond donors (Lipinski definition) is 1. The van der Waals surface area contributed by atoms with E-state index in [1.807, 2.05) is 6.07 Å². The van der Waals surface area contributed by atoms with Crippen LogP contribution in [-0.4, -0.2) is 14.5 Å². The molecule has 0 atom stereocenters. The maximum absolute atomic E-state index is 8.76. The minimum Gasteiger partial charge on any atom is -0.397 e. The Morgan fingerprint density at radius 2 is 2.29 bits per heavy atom. The van der Waals surface area contributed by atoms with Gasteiger partial charge in [-0.25, -0.2) is 4.98 Å². The average Bonchev–Trinajstić information content (AvgIpc) is 2.66. The van der Waals surface area contributed by atoms with Gasteiger partial charge >= 0.3 is 0 Å². The first-order valence-corrected chi connectivity index (χ1v) is 3.96. The van der Waals surface area contributed by atoms with Crippen molar-refractivity contribution < 1.29 is 0 Å². The highest BCUT2D eigenvalue weighted by molar-refractivity contribution is 5.56. The third-order valence-corrected chi connectivity index (χ3v) is 1.83. The van der Waals surface area contributed by atoms with E-state index in [1.165, 1.54) is 0 Å². The lowest BCUT2D eigenvalue weighted by Crippen LogP contribution is -2.01.